The first-order valence-corrected chi connectivity index (χ1v) is 3.88. The van der Waals surface area contributed by atoms with Crippen LogP contribution in [0.3, 0.4) is 0 Å². The summed E-state index contributed by atoms with van der Waals surface area (Å²) in [4.78, 5) is 19.9. The van der Waals surface area contributed by atoms with Crippen LogP contribution in [0.5, 0.6) is 0 Å². The third-order valence-electron chi connectivity index (χ3n) is 1.14. The fraction of sp³-hybridized carbons (Fsp3) is 0.667. The van der Waals surface area contributed by atoms with Gasteiger partial charge in [-0.05, 0) is 6.92 Å². The summed E-state index contributed by atoms with van der Waals surface area (Å²) in [5.74, 6) is -2.12. The molecule has 0 spiro atoms. The third-order valence-corrected chi connectivity index (χ3v) is 1.14. The second-order valence-corrected chi connectivity index (χ2v) is 2.40. The van der Waals surface area contributed by atoms with Gasteiger partial charge in [0.1, 0.15) is 6.04 Å². The molecule has 8 nitrogen and oxygen atoms in total. The van der Waals surface area contributed by atoms with Crippen molar-refractivity contribution in [1.29, 1.82) is 0 Å². The Labute approximate surface area is 86.7 Å². The van der Waals surface area contributed by atoms with Crippen molar-refractivity contribution in [2.45, 2.75) is 13.0 Å². The smallest absolute Gasteiger partial charge is 0.480 e. The fourth-order valence-electron chi connectivity index (χ4n) is 0.328. The average molecular weight is 223 g/mol. The lowest BCUT2D eigenvalue weighted by Crippen LogP contribution is -2.37. The molecule has 0 aliphatic carbocycles. The summed E-state index contributed by atoms with van der Waals surface area (Å²) in [5.41, 5.74) is 0. The Kier molecular flexibility index (Phi) is 10.2. The van der Waals surface area contributed by atoms with Crippen LogP contribution >= 0.6 is 0 Å². The molecule has 0 amide bonds. The normalized spacial score (nSPS) is 10.9. The van der Waals surface area contributed by atoms with Crippen LogP contribution in [0.2, 0.25) is 0 Å². The van der Waals surface area contributed by atoms with Crippen molar-refractivity contribution < 1.29 is 34.5 Å². The maximum absolute atomic E-state index is 10.1. The van der Waals surface area contributed by atoms with E-state index in [1.807, 2.05) is 0 Å². The van der Waals surface area contributed by atoms with Crippen LogP contribution < -0.4 is 5.32 Å². The minimum absolute atomic E-state index is 0.326. The first-order chi connectivity index (χ1) is 6.81. The second-order valence-electron chi connectivity index (χ2n) is 2.40. The standard InChI is InChI=1S/C5H9NO4.CH5BO3/c1-3(5(9)10)6-2-4(7)8;1-5-2(3)4/h3,6H,2H2,1H3,(H,7,8)(H,9,10);3-4H,1H3. The van der Waals surface area contributed by atoms with Gasteiger partial charge in [0.05, 0.1) is 6.54 Å². The molecule has 15 heavy (non-hydrogen) atoms. The quantitative estimate of drug-likeness (QED) is 0.329. The summed E-state index contributed by atoms with van der Waals surface area (Å²) in [6, 6.07) is -0.809. The number of carboxylic acid groups (broad SMARTS) is 2. The molecule has 0 bridgehead atoms. The summed E-state index contributed by atoms with van der Waals surface area (Å²) in [5, 5.41) is 34.0. The van der Waals surface area contributed by atoms with Crippen molar-refractivity contribution in [3.05, 3.63) is 0 Å². The molecule has 0 rings (SSSR count). The summed E-state index contributed by atoms with van der Waals surface area (Å²) >= 11 is 0. The Bertz CT molecular complexity index is 198. The number of nitrogens with one attached hydrogen (secondary N) is 1. The topological polar surface area (TPSA) is 136 Å². The number of hydrogen-bond donors (Lipinski definition) is 5. The van der Waals surface area contributed by atoms with Crippen LogP contribution in [0.15, 0.2) is 0 Å². The minimum atomic E-state index is -1.62. The number of aliphatic carboxylic acids is 2. The fourth-order valence-corrected chi connectivity index (χ4v) is 0.328. The molecule has 0 heterocycles. The zero-order valence-electron chi connectivity index (χ0n) is 8.38. The van der Waals surface area contributed by atoms with E-state index >= 15 is 0 Å². The molecule has 0 aromatic heterocycles. The van der Waals surface area contributed by atoms with E-state index in [1.54, 1.807) is 0 Å². The van der Waals surface area contributed by atoms with Crippen molar-refractivity contribution in [3.63, 3.8) is 0 Å². The van der Waals surface area contributed by atoms with Gasteiger partial charge in [-0.15, -0.1) is 0 Å². The predicted molar refractivity (Wildman–Crippen MR) is 49.9 cm³/mol. The van der Waals surface area contributed by atoms with Gasteiger partial charge in [-0.2, -0.15) is 0 Å². The van der Waals surface area contributed by atoms with Crippen molar-refractivity contribution in [3.8, 4) is 0 Å². The molecule has 0 aliphatic rings. The van der Waals surface area contributed by atoms with Crippen molar-refractivity contribution in [2.75, 3.05) is 13.7 Å². The van der Waals surface area contributed by atoms with Crippen LogP contribution in [-0.2, 0) is 14.2 Å². The molecule has 0 aromatic carbocycles. The highest BCUT2D eigenvalue weighted by molar-refractivity contribution is 6.32. The molecule has 0 aromatic rings. The molecule has 0 saturated heterocycles. The molecule has 0 aliphatic heterocycles. The zero-order chi connectivity index (χ0) is 12.4. The van der Waals surface area contributed by atoms with Gasteiger partial charge in [0, 0.05) is 7.11 Å². The van der Waals surface area contributed by atoms with E-state index in [9.17, 15) is 9.59 Å². The number of rotatable bonds is 5. The molecule has 9 heteroatoms. The summed E-state index contributed by atoms with van der Waals surface area (Å²) < 4.78 is 3.86. The molecule has 1 atom stereocenters. The van der Waals surface area contributed by atoms with E-state index in [0.717, 1.165) is 0 Å². The van der Waals surface area contributed by atoms with Crippen LogP contribution in [-0.4, -0.2) is 59.2 Å². The summed E-state index contributed by atoms with van der Waals surface area (Å²) in [7, 11) is -0.417. The Balaban J connectivity index is 0. The van der Waals surface area contributed by atoms with Crippen LogP contribution in [0.1, 0.15) is 6.92 Å². The Morgan fingerprint density at radius 3 is 2.00 bits per heavy atom. The van der Waals surface area contributed by atoms with E-state index in [4.69, 9.17) is 20.3 Å². The number of carboxylic acids is 2. The van der Waals surface area contributed by atoms with Crippen LogP contribution in [0, 0.1) is 0 Å². The van der Waals surface area contributed by atoms with E-state index in [2.05, 4.69) is 9.97 Å². The van der Waals surface area contributed by atoms with Crippen LogP contribution in [0.25, 0.3) is 0 Å². The molecule has 1 unspecified atom stereocenters. The molecule has 0 fully saturated rings. The molecule has 0 radical (unpaired) electrons. The lowest BCUT2D eigenvalue weighted by molar-refractivity contribution is -0.139. The predicted octanol–water partition coefficient (Wildman–Crippen LogP) is -2.26. The first kappa shape index (κ1) is 16.3. The van der Waals surface area contributed by atoms with Gasteiger partial charge in [0.15, 0.2) is 0 Å². The Hall–Kier alpha value is -1.16. The van der Waals surface area contributed by atoms with E-state index in [1.165, 1.54) is 14.0 Å². The monoisotopic (exact) mass is 223 g/mol. The van der Waals surface area contributed by atoms with Gasteiger partial charge in [0.25, 0.3) is 0 Å². The molecule has 5 N–H and O–H groups in total. The summed E-state index contributed by atoms with van der Waals surface area (Å²) in [6.45, 7) is 1.05. The van der Waals surface area contributed by atoms with Crippen molar-refractivity contribution >= 4 is 19.3 Å². The Morgan fingerprint density at radius 1 is 1.40 bits per heavy atom. The highest BCUT2D eigenvalue weighted by atomic mass is 16.6. The second kappa shape index (κ2) is 9.40. The number of carbonyl (C=O) groups is 2. The lowest BCUT2D eigenvalue weighted by Gasteiger charge is -2.04. The largest absolute Gasteiger partial charge is 0.633 e. The van der Waals surface area contributed by atoms with Gasteiger partial charge in [0.2, 0.25) is 0 Å². The van der Waals surface area contributed by atoms with Gasteiger partial charge in [-0.25, -0.2) is 0 Å². The van der Waals surface area contributed by atoms with Gasteiger partial charge < -0.3 is 24.9 Å². The first-order valence-electron chi connectivity index (χ1n) is 3.88. The van der Waals surface area contributed by atoms with Crippen LogP contribution in [0.4, 0.5) is 0 Å². The molecular weight excluding hydrogens is 209 g/mol. The molecule has 0 saturated carbocycles. The van der Waals surface area contributed by atoms with Gasteiger partial charge in [-0.3, -0.25) is 14.9 Å². The molecule has 88 valence electrons. The zero-order valence-corrected chi connectivity index (χ0v) is 8.38. The Morgan fingerprint density at radius 2 is 1.80 bits per heavy atom. The van der Waals surface area contributed by atoms with Gasteiger partial charge in [-0.1, -0.05) is 0 Å². The lowest BCUT2D eigenvalue weighted by atomic mass is 10.3. The van der Waals surface area contributed by atoms with E-state index in [-0.39, 0.29) is 6.54 Å². The summed E-state index contributed by atoms with van der Waals surface area (Å²) in [6.07, 6.45) is 0. The third kappa shape index (κ3) is 15.6. The highest BCUT2D eigenvalue weighted by Gasteiger charge is 2.10. The van der Waals surface area contributed by atoms with E-state index in [0.29, 0.717) is 0 Å². The van der Waals surface area contributed by atoms with Crippen molar-refractivity contribution in [1.82, 2.24) is 5.32 Å². The maximum Gasteiger partial charge on any atom is 0.633 e. The minimum Gasteiger partial charge on any atom is -0.480 e. The number of hydrogen-bond acceptors (Lipinski definition) is 6. The van der Waals surface area contributed by atoms with Gasteiger partial charge >= 0.3 is 19.3 Å². The van der Waals surface area contributed by atoms with Crippen molar-refractivity contribution in [2.24, 2.45) is 0 Å². The van der Waals surface area contributed by atoms with E-state index < -0.39 is 25.3 Å². The maximum atomic E-state index is 10.1. The molecular formula is C6H14BNO7. The SMILES string of the molecule is CC(NCC(=O)O)C(=O)O.COB(O)O. The highest BCUT2D eigenvalue weighted by Crippen LogP contribution is 1.78. The average Bonchev–Trinajstić information content (AvgIpc) is 2.14.